The van der Waals surface area contributed by atoms with Crippen molar-refractivity contribution in [2.24, 2.45) is 11.7 Å². The van der Waals surface area contributed by atoms with Crippen molar-refractivity contribution < 1.29 is 28.5 Å². The number of epoxide rings is 1. The molecule has 0 radical (unpaired) electrons. The molecule has 0 aromatic rings. The smallest absolute Gasteiger partial charge is 0.303 e. The first-order valence-electron chi connectivity index (χ1n) is 12.7. The van der Waals surface area contributed by atoms with E-state index in [0.29, 0.717) is 5.92 Å². The molecule has 0 bridgehead atoms. The number of rotatable bonds is 8. The Kier molecular flexibility index (Phi) is 11.6. The summed E-state index contributed by atoms with van der Waals surface area (Å²) < 4.78 is 22.7. The molecule has 198 valence electrons. The van der Waals surface area contributed by atoms with Crippen LogP contribution in [0, 0.1) is 5.92 Å². The Labute approximate surface area is 210 Å². The third-order valence-electron chi connectivity index (χ3n) is 6.68. The van der Waals surface area contributed by atoms with Crippen molar-refractivity contribution in [3.8, 4) is 0 Å². The molecule has 0 aliphatic carbocycles. The monoisotopic (exact) mass is 492 g/mol. The normalized spacial score (nSPS) is 33.8. The summed E-state index contributed by atoms with van der Waals surface area (Å²) in [4.78, 5) is 23.2. The quantitative estimate of drug-likeness (QED) is 0.232. The molecule has 3 aliphatic heterocycles. The van der Waals surface area contributed by atoms with Gasteiger partial charge in [-0.1, -0.05) is 30.7 Å². The van der Waals surface area contributed by atoms with Crippen LogP contribution >= 0.6 is 0 Å². The van der Waals surface area contributed by atoms with Crippen molar-refractivity contribution in [3.63, 3.8) is 0 Å². The predicted octanol–water partition coefficient (Wildman–Crippen LogP) is 3.21. The average molecular weight is 493 g/mol. The lowest BCUT2D eigenvalue weighted by Crippen LogP contribution is -2.50. The van der Waals surface area contributed by atoms with Crippen LogP contribution in [0.2, 0.25) is 0 Å². The van der Waals surface area contributed by atoms with Crippen LogP contribution in [0.1, 0.15) is 60.3 Å². The van der Waals surface area contributed by atoms with Gasteiger partial charge in [-0.25, -0.2) is 0 Å². The molecule has 3 saturated heterocycles. The number of ether oxygens (including phenoxy) is 4. The van der Waals surface area contributed by atoms with Gasteiger partial charge in [-0.05, 0) is 52.7 Å². The maximum atomic E-state index is 12.3. The van der Waals surface area contributed by atoms with Gasteiger partial charge < -0.3 is 30.0 Å². The Bertz CT molecular complexity index is 789. The summed E-state index contributed by atoms with van der Waals surface area (Å²) >= 11 is 0. The van der Waals surface area contributed by atoms with E-state index in [1.54, 1.807) is 13.0 Å². The van der Waals surface area contributed by atoms with Crippen LogP contribution in [-0.2, 0) is 28.5 Å². The molecule has 7 unspecified atom stereocenters. The topological polar surface area (TPSA) is 112 Å². The van der Waals surface area contributed by atoms with E-state index < -0.39 is 6.10 Å². The first-order chi connectivity index (χ1) is 16.7. The zero-order chi connectivity index (χ0) is 26.0. The maximum absolute atomic E-state index is 12.3. The van der Waals surface area contributed by atoms with E-state index in [0.717, 1.165) is 38.9 Å². The van der Waals surface area contributed by atoms with Gasteiger partial charge in [0, 0.05) is 25.8 Å². The SMILES string of the molecule is CC(=O)OC(C)/C=C\C(=O)NC1CC(C)C(C/C=C(C)/C=C/C2CC3(CCO2)CO3)OC1C.CN. The lowest BCUT2D eigenvalue weighted by Gasteiger charge is -2.39. The maximum Gasteiger partial charge on any atom is 0.303 e. The molecule has 3 N–H and O–H groups in total. The van der Waals surface area contributed by atoms with Gasteiger partial charge in [0.15, 0.2) is 0 Å². The van der Waals surface area contributed by atoms with Crippen molar-refractivity contribution >= 4 is 11.9 Å². The van der Waals surface area contributed by atoms with E-state index in [2.05, 4.69) is 43.1 Å². The molecule has 0 aromatic heterocycles. The predicted molar refractivity (Wildman–Crippen MR) is 136 cm³/mol. The Hall–Kier alpha value is -2.00. The largest absolute Gasteiger partial charge is 0.459 e. The molecular weight excluding hydrogens is 448 g/mol. The van der Waals surface area contributed by atoms with Crippen LogP contribution in [0.15, 0.2) is 36.0 Å². The van der Waals surface area contributed by atoms with E-state index in [-0.39, 0.29) is 41.8 Å². The molecule has 3 fully saturated rings. The number of amides is 1. The average Bonchev–Trinajstić information content (AvgIpc) is 3.56. The number of carbonyl (C=O) groups is 2. The number of nitrogens with one attached hydrogen (secondary N) is 1. The molecule has 0 aromatic carbocycles. The van der Waals surface area contributed by atoms with Gasteiger partial charge in [-0.3, -0.25) is 9.59 Å². The van der Waals surface area contributed by atoms with Gasteiger partial charge >= 0.3 is 5.97 Å². The van der Waals surface area contributed by atoms with Gasteiger partial charge in [0.1, 0.15) is 6.10 Å². The van der Waals surface area contributed by atoms with E-state index >= 15 is 0 Å². The van der Waals surface area contributed by atoms with Crippen LogP contribution in [0.4, 0.5) is 0 Å². The zero-order valence-electron chi connectivity index (χ0n) is 22.1. The Balaban J connectivity index is 0.00000210. The van der Waals surface area contributed by atoms with E-state index in [4.69, 9.17) is 18.9 Å². The van der Waals surface area contributed by atoms with Crippen LogP contribution < -0.4 is 11.1 Å². The molecule has 0 saturated carbocycles. The van der Waals surface area contributed by atoms with Gasteiger partial charge in [0.25, 0.3) is 0 Å². The Morgan fingerprint density at radius 1 is 1.23 bits per heavy atom. The Morgan fingerprint density at radius 3 is 2.60 bits per heavy atom. The highest BCUT2D eigenvalue weighted by Gasteiger charge is 2.48. The lowest BCUT2D eigenvalue weighted by molar-refractivity contribution is -0.143. The summed E-state index contributed by atoms with van der Waals surface area (Å²) in [6.45, 7) is 11.0. The second-order valence-electron chi connectivity index (χ2n) is 9.76. The Morgan fingerprint density at radius 2 is 1.94 bits per heavy atom. The van der Waals surface area contributed by atoms with Crippen molar-refractivity contribution in [3.05, 3.63) is 36.0 Å². The summed E-state index contributed by atoms with van der Waals surface area (Å²) in [6, 6.07) is -0.0529. The fourth-order valence-corrected chi connectivity index (χ4v) is 4.51. The summed E-state index contributed by atoms with van der Waals surface area (Å²) in [7, 11) is 1.50. The minimum absolute atomic E-state index is 0.0529. The van der Waals surface area contributed by atoms with Crippen LogP contribution in [0.3, 0.4) is 0 Å². The van der Waals surface area contributed by atoms with Crippen LogP contribution in [0.5, 0.6) is 0 Å². The van der Waals surface area contributed by atoms with Gasteiger partial charge in [0.2, 0.25) is 5.91 Å². The molecule has 1 spiro atoms. The lowest BCUT2D eigenvalue weighted by atomic mass is 9.88. The van der Waals surface area contributed by atoms with E-state index in [1.165, 1.54) is 25.6 Å². The molecule has 35 heavy (non-hydrogen) atoms. The van der Waals surface area contributed by atoms with Crippen LogP contribution in [-0.4, -0.2) is 68.2 Å². The molecule has 3 aliphatic rings. The highest BCUT2D eigenvalue weighted by atomic mass is 16.6. The molecule has 8 heteroatoms. The first-order valence-corrected chi connectivity index (χ1v) is 12.7. The fraction of sp³-hybridized carbons (Fsp3) is 0.704. The molecule has 3 heterocycles. The minimum Gasteiger partial charge on any atom is -0.459 e. The van der Waals surface area contributed by atoms with Crippen molar-refractivity contribution in [1.29, 1.82) is 0 Å². The first kappa shape index (κ1) is 29.2. The number of allylic oxidation sites excluding steroid dienone is 2. The second-order valence-corrected chi connectivity index (χ2v) is 9.76. The van der Waals surface area contributed by atoms with E-state index in [9.17, 15) is 9.59 Å². The highest BCUT2D eigenvalue weighted by Crippen LogP contribution is 2.39. The highest BCUT2D eigenvalue weighted by molar-refractivity contribution is 5.87. The standard InChI is InChI=1S/C26H39NO6.CH5N/c1-17(6-9-22-15-26(16-31-26)12-13-30-22)7-10-24-18(2)14-23(20(4)33-24)27-25(29)11-8-19(3)32-21(5)28;1-2/h6-9,11,18-20,22-24H,10,12-16H2,1-5H3,(H,27,29);2H2,1H3/b9-6+,11-8-,17-7+;. The molecule has 3 rings (SSSR count). The number of hydrogen-bond acceptors (Lipinski definition) is 7. The number of carbonyl (C=O) groups excluding carboxylic acids is 2. The number of esters is 1. The fourth-order valence-electron chi connectivity index (χ4n) is 4.51. The van der Waals surface area contributed by atoms with Crippen LogP contribution in [0.25, 0.3) is 0 Å². The molecule has 1 amide bonds. The number of hydrogen-bond donors (Lipinski definition) is 2. The minimum atomic E-state index is -0.437. The van der Waals surface area contributed by atoms with Crippen molar-refractivity contribution in [1.82, 2.24) is 5.32 Å². The van der Waals surface area contributed by atoms with E-state index in [1.807, 2.05) is 6.92 Å². The molecule has 8 nitrogen and oxygen atoms in total. The summed E-state index contributed by atoms with van der Waals surface area (Å²) in [6.07, 6.45) is 12.9. The van der Waals surface area contributed by atoms with Crippen molar-refractivity contribution in [2.45, 2.75) is 96.4 Å². The third-order valence-corrected chi connectivity index (χ3v) is 6.68. The zero-order valence-corrected chi connectivity index (χ0v) is 22.1. The molecule has 7 atom stereocenters. The van der Waals surface area contributed by atoms with Gasteiger partial charge in [-0.15, -0.1) is 0 Å². The summed E-state index contributed by atoms with van der Waals surface area (Å²) in [5, 5.41) is 3.02. The molecular formula is C27H44N2O6. The van der Waals surface area contributed by atoms with Crippen molar-refractivity contribution in [2.75, 3.05) is 20.3 Å². The summed E-state index contributed by atoms with van der Waals surface area (Å²) in [5.74, 6) is -0.258. The number of nitrogens with two attached hydrogens (primary N) is 1. The van der Waals surface area contributed by atoms with Gasteiger partial charge in [-0.2, -0.15) is 0 Å². The summed E-state index contributed by atoms with van der Waals surface area (Å²) in [5.41, 5.74) is 5.79. The third kappa shape index (κ3) is 9.88. The van der Waals surface area contributed by atoms with Gasteiger partial charge in [0.05, 0.1) is 43.2 Å². The second kappa shape index (κ2) is 13.9.